The Kier molecular flexibility index (Phi) is 8.54. The Morgan fingerprint density at radius 1 is 1.03 bits per heavy atom. The summed E-state index contributed by atoms with van der Waals surface area (Å²) in [5.41, 5.74) is 4.24. The van der Waals surface area contributed by atoms with E-state index >= 15 is 0 Å². The predicted molar refractivity (Wildman–Crippen MR) is 135 cm³/mol. The Bertz CT molecular complexity index is 1010. The molecule has 1 atom stereocenters. The van der Waals surface area contributed by atoms with Crippen molar-refractivity contribution in [3.8, 4) is 11.1 Å². The van der Waals surface area contributed by atoms with Gasteiger partial charge in [0.1, 0.15) is 6.61 Å². The van der Waals surface area contributed by atoms with Crippen LogP contribution in [0.1, 0.15) is 64.0 Å². The molecule has 7 nitrogen and oxygen atoms in total. The fourth-order valence-electron chi connectivity index (χ4n) is 4.62. The van der Waals surface area contributed by atoms with Crippen molar-refractivity contribution in [2.45, 2.75) is 58.4 Å². The normalized spacial score (nSPS) is 13.5. The van der Waals surface area contributed by atoms with Crippen LogP contribution in [0.25, 0.3) is 11.1 Å². The molecule has 0 fully saturated rings. The fraction of sp³-hybridized carbons (Fsp3) is 0.464. The summed E-state index contributed by atoms with van der Waals surface area (Å²) in [6.07, 6.45) is 0.651. The van der Waals surface area contributed by atoms with Gasteiger partial charge in [0.2, 0.25) is 5.91 Å². The quantitative estimate of drug-likeness (QED) is 0.464. The highest BCUT2D eigenvalue weighted by Gasteiger charge is 2.30. The van der Waals surface area contributed by atoms with E-state index in [0.717, 1.165) is 0 Å². The maximum absolute atomic E-state index is 12.9. The first-order chi connectivity index (χ1) is 16.6. The highest BCUT2D eigenvalue weighted by molar-refractivity contribution is 5.80. The molecule has 0 spiro atoms. The van der Waals surface area contributed by atoms with E-state index < -0.39 is 17.6 Å². The van der Waals surface area contributed by atoms with Gasteiger partial charge in [0.15, 0.2) is 0 Å². The molecule has 2 aromatic rings. The maximum atomic E-state index is 12.9. The summed E-state index contributed by atoms with van der Waals surface area (Å²) in [7, 11) is 0. The lowest BCUT2D eigenvalue weighted by Crippen LogP contribution is -2.48. The first kappa shape index (κ1) is 26.3. The second kappa shape index (κ2) is 11.4. The van der Waals surface area contributed by atoms with Gasteiger partial charge in [-0.25, -0.2) is 4.79 Å². The van der Waals surface area contributed by atoms with Crippen LogP contribution in [0.5, 0.6) is 0 Å². The molecule has 0 radical (unpaired) electrons. The molecule has 0 aliphatic heterocycles. The zero-order valence-corrected chi connectivity index (χ0v) is 21.0. The lowest BCUT2D eigenvalue weighted by molar-refractivity contribution is -0.143. The molecule has 0 heterocycles. The highest BCUT2D eigenvalue weighted by atomic mass is 16.5. The number of nitrogens with one attached hydrogen (secondary N) is 1. The molecule has 0 saturated carbocycles. The number of benzene rings is 2. The average molecular weight is 481 g/mol. The van der Waals surface area contributed by atoms with E-state index in [0.29, 0.717) is 19.4 Å². The molecule has 3 rings (SSSR count). The summed E-state index contributed by atoms with van der Waals surface area (Å²) >= 11 is 0. The van der Waals surface area contributed by atoms with Crippen LogP contribution >= 0.6 is 0 Å². The van der Waals surface area contributed by atoms with E-state index in [4.69, 9.17) is 9.84 Å². The number of carboxylic acid groups (broad SMARTS) is 1. The van der Waals surface area contributed by atoms with Crippen molar-refractivity contribution in [1.82, 2.24) is 10.2 Å². The molecule has 2 aromatic carbocycles. The van der Waals surface area contributed by atoms with Crippen molar-refractivity contribution in [2.24, 2.45) is 5.92 Å². The number of ether oxygens (including phenoxy) is 1. The number of alkyl carbamates (subject to hydrolysis) is 1. The van der Waals surface area contributed by atoms with Crippen LogP contribution in [0.15, 0.2) is 48.5 Å². The van der Waals surface area contributed by atoms with Crippen LogP contribution in [0, 0.1) is 5.92 Å². The molecular weight excluding hydrogens is 444 g/mol. The topological polar surface area (TPSA) is 95.9 Å². The van der Waals surface area contributed by atoms with Crippen LogP contribution in [0.2, 0.25) is 0 Å². The third kappa shape index (κ3) is 6.62. The van der Waals surface area contributed by atoms with Gasteiger partial charge < -0.3 is 20.1 Å². The van der Waals surface area contributed by atoms with Gasteiger partial charge >= 0.3 is 12.1 Å². The second-order valence-corrected chi connectivity index (χ2v) is 10.1. The van der Waals surface area contributed by atoms with E-state index in [1.807, 2.05) is 52.0 Å². The lowest BCUT2D eigenvalue weighted by atomic mass is 9.98. The van der Waals surface area contributed by atoms with Crippen molar-refractivity contribution in [3.63, 3.8) is 0 Å². The lowest BCUT2D eigenvalue weighted by Gasteiger charge is -2.37. The van der Waals surface area contributed by atoms with Crippen molar-refractivity contribution < 1.29 is 24.2 Å². The van der Waals surface area contributed by atoms with Gasteiger partial charge in [-0.3, -0.25) is 9.59 Å². The van der Waals surface area contributed by atoms with Crippen LogP contribution in [-0.4, -0.2) is 53.2 Å². The Morgan fingerprint density at radius 3 is 2.14 bits per heavy atom. The van der Waals surface area contributed by atoms with Gasteiger partial charge in [0.05, 0.1) is 6.42 Å². The number of carbonyl (C=O) groups excluding carboxylic acids is 2. The SMILES string of the molecule is CC(CCCNC(=O)OCC1c2ccccc2-c2ccccc21)C(=O)N(CCC(=O)O)C(C)(C)C. The maximum Gasteiger partial charge on any atom is 0.407 e. The Balaban J connectivity index is 1.45. The number of carbonyl (C=O) groups is 3. The monoisotopic (exact) mass is 480 g/mol. The van der Waals surface area contributed by atoms with E-state index in [9.17, 15) is 14.4 Å². The standard InChI is InChI=1S/C28H36N2O5/c1-19(26(33)30(28(2,3)4)17-15-25(31)32)10-9-16-29-27(34)35-18-24-22-13-7-5-11-20(22)21-12-6-8-14-23(21)24/h5-8,11-14,19,24H,9-10,15-18H2,1-4H3,(H,29,34)(H,31,32). The molecule has 0 bridgehead atoms. The van der Waals surface area contributed by atoms with Crippen LogP contribution in [0.4, 0.5) is 4.79 Å². The van der Waals surface area contributed by atoms with Crippen LogP contribution in [-0.2, 0) is 14.3 Å². The van der Waals surface area contributed by atoms with Crippen molar-refractivity contribution >= 4 is 18.0 Å². The molecule has 0 saturated heterocycles. The van der Waals surface area contributed by atoms with E-state index in [-0.39, 0.29) is 37.3 Å². The minimum absolute atomic E-state index is 0.0139. The Hall–Kier alpha value is -3.35. The van der Waals surface area contributed by atoms with Gasteiger partial charge in [-0.15, -0.1) is 0 Å². The average Bonchev–Trinajstić information content (AvgIpc) is 3.13. The summed E-state index contributed by atoms with van der Waals surface area (Å²) in [6.45, 7) is 8.39. The minimum atomic E-state index is -0.924. The fourth-order valence-corrected chi connectivity index (χ4v) is 4.62. The van der Waals surface area contributed by atoms with E-state index in [2.05, 4.69) is 29.6 Å². The van der Waals surface area contributed by atoms with Gasteiger partial charge in [-0.1, -0.05) is 55.5 Å². The largest absolute Gasteiger partial charge is 0.481 e. The molecule has 1 aliphatic rings. The zero-order valence-electron chi connectivity index (χ0n) is 21.0. The van der Waals surface area contributed by atoms with Crippen LogP contribution in [0.3, 0.4) is 0 Å². The molecule has 35 heavy (non-hydrogen) atoms. The molecule has 188 valence electrons. The number of fused-ring (bicyclic) bond motifs is 3. The summed E-state index contributed by atoms with van der Waals surface area (Å²) < 4.78 is 5.55. The molecule has 0 aromatic heterocycles. The minimum Gasteiger partial charge on any atom is -0.481 e. The number of amides is 2. The zero-order chi connectivity index (χ0) is 25.6. The third-order valence-electron chi connectivity index (χ3n) is 6.47. The molecule has 1 unspecified atom stereocenters. The van der Waals surface area contributed by atoms with E-state index in [1.165, 1.54) is 22.3 Å². The predicted octanol–water partition coefficient (Wildman–Crippen LogP) is 5.04. The third-order valence-corrected chi connectivity index (χ3v) is 6.47. The molecule has 7 heteroatoms. The summed E-state index contributed by atoms with van der Waals surface area (Å²) in [4.78, 5) is 37.8. The van der Waals surface area contributed by atoms with Gasteiger partial charge in [0, 0.05) is 30.5 Å². The number of aliphatic carboxylic acids is 1. The number of hydrogen-bond donors (Lipinski definition) is 2. The van der Waals surface area contributed by atoms with E-state index in [1.54, 1.807) is 4.90 Å². The van der Waals surface area contributed by atoms with Crippen molar-refractivity contribution in [3.05, 3.63) is 59.7 Å². The van der Waals surface area contributed by atoms with Gasteiger partial charge in [-0.2, -0.15) is 0 Å². The molecule has 2 N–H and O–H groups in total. The smallest absolute Gasteiger partial charge is 0.407 e. The van der Waals surface area contributed by atoms with Crippen molar-refractivity contribution in [2.75, 3.05) is 19.7 Å². The summed E-state index contributed by atoms with van der Waals surface area (Å²) in [5, 5.41) is 11.8. The van der Waals surface area contributed by atoms with Crippen LogP contribution < -0.4 is 5.32 Å². The summed E-state index contributed by atoms with van der Waals surface area (Å²) in [6, 6.07) is 16.4. The second-order valence-electron chi connectivity index (χ2n) is 10.1. The molecular formula is C28H36N2O5. The highest BCUT2D eigenvalue weighted by Crippen LogP contribution is 2.44. The van der Waals surface area contributed by atoms with Crippen molar-refractivity contribution in [1.29, 1.82) is 0 Å². The molecule has 2 amide bonds. The Labute approximate surface area is 207 Å². The Morgan fingerprint density at radius 2 is 1.60 bits per heavy atom. The summed E-state index contributed by atoms with van der Waals surface area (Å²) in [5.74, 6) is -1.25. The first-order valence-corrected chi connectivity index (χ1v) is 12.2. The number of carboxylic acids is 1. The molecule has 1 aliphatic carbocycles. The first-order valence-electron chi connectivity index (χ1n) is 12.2. The number of hydrogen-bond acceptors (Lipinski definition) is 4. The number of rotatable bonds is 10. The van der Waals surface area contributed by atoms with Gasteiger partial charge in [-0.05, 0) is 55.9 Å². The number of nitrogens with zero attached hydrogens (tertiary/aromatic N) is 1. The van der Waals surface area contributed by atoms with Gasteiger partial charge in [0.25, 0.3) is 0 Å².